The van der Waals surface area contributed by atoms with Gasteiger partial charge in [0.25, 0.3) is 0 Å². The van der Waals surface area contributed by atoms with Gasteiger partial charge < -0.3 is 9.88 Å². The summed E-state index contributed by atoms with van der Waals surface area (Å²) >= 11 is 0. The molecule has 3 aromatic rings. The molecule has 2 aliphatic heterocycles. The van der Waals surface area contributed by atoms with Crippen molar-refractivity contribution < 1.29 is 0 Å². The largest absolute Gasteiger partial charge is 0.367 e. The lowest BCUT2D eigenvalue weighted by atomic mass is 9.89. The molecule has 6 rings (SSSR count). The minimum Gasteiger partial charge on any atom is -0.367 e. The molecule has 0 spiro atoms. The number of rotatable bonds is 3. The van der Waals surface area contributed by atoms with Crippen LogP contribution in [0.25, 0.3) is 22.6 Å². The van der Waals surface area contributed by atoms with Gasteiger partial charge in [0.1, 0.15) is 11.3 Å². The van der Waals surface area contributed by atoms with Gasteiger partial charge in [-0.05, 0) is 31.7 Å². The Hall–Kier alpha value is -2.41. The zero-order valence-corrected chi connectivity index (χ0v) is 15.7. The molecule has 5 heterocycles. The average Bonchev–Trinajstić information content (AvgIpc) is 3.29. The summed E-state index contributed by atoms with van der Waals surface area (Å²) < 4.78 is 1.80. The van der Waals surface area contributed by atoms with Crippen molar-refractivity contribution in [1.29, 1.82) is 0 Å². The zero-order valence-electron chi connectivity index (χ0n) is 15.7. The SMILES string of the molecule is Cn1cc(-c2nc3nccc(N4CC5CCC(C4)N5C4CCC4)c3[nH]2)cn1. The minimum absolute atomic E-state index is 0.706. The van der Waals surface area contributed by atoms with Gasteiger partial charge in [-0.3, -0.25) is 9.58 Å². The van der Waals surface area contributed by atoms with Gasteiger partial charge in [0.15, 0.2) is 5.65 Å². The Bertz CT molecular complexity index is 971. The summed E-state index contributed by atoms with van der Waals surface area (Å²) in [4.78, 5) is 18.1. The van der Waals surface area contributed by atoms with Gasteiger partial charge in [0.05, 0.1) is 17.4 Å². The van der Waals surface area contributed by atoms with Crippen LogP contribution in [-0.4, -0.2) is 60.8 Å². The minimum atomic E-state index is 0.706. The zero-order chi connectivity index (χ0) is 18.0. The Kier molecular flexibility index (Phi) is 3.35. The summed E-state index contributed by atoms with van der Waals surface area (Å²) in [6.45, 7) is 2.24. The smallest absolute Gasteiger partial charge is 0.180 e. The molecule has 140 valence electrons. The molecule has 2 bridgehead atoms. The van der Waals surface area contributed by atoms with Gasteiger partial charge >= 0.3 is 0 Å². The number of nitrogens with zero attached hydrogens (tertiary/aromatic N) is 6. The Labute approximate surface area is 158 Å². The second-order valence-corrected chi connectivity index (χ2v) is 8.34. The van der Waals surface area contributed by atoms with E-state index in [0.717, 1.165) is 41.7 Å². The maximum atomic E-state index is 4.71. The molecule has 3 fully saturated rings. The molecule has 1 aliphatic carbocycles. The number of hydrogen-bond acceptors (Lipinski definition) is 5. The molecule has 7 nitrogen and oxygen atoms in total. The molecule has 3 aliphatic rings. The Morgan fingerprint density at radius 2 is 1.89 bits per heavy atom. The summed E-state index contributed by atoms with van der Waals surface area (Å²) in [6, 6.07) is 4.41. The van der Waals surface area contributed by atoms with Crippen molar-refractivity contribution in [3.63, 3.8) is 0 Å². The first-order chi connectivity index (χ1) is 13.3. The topological polar surface area (TPSA) is 65.9 Å². The van der Waals surface area contributed by atoms with E-state index in [1.165, 1.54) is 37.8 Å². The van der Waals surface area contributed by atoms with Crippen molar-refractivity contribution in [2.75, 3.05) is 18.0 Å². The highest BCUT2D eigenvalue weighted by Crippen LogP contribution is 2.40. The molecule has 7 heteroatoms. The lowest BCUT2D eigenvalue weighted by Gasteiger charge is -2.48. The highest BCUT2D eigenvalue weighted by atomic mass is 15.3. The number of aromatic nitrogens is 5. The summed E-state index contributed by atoms with van der Waals surface area (Å²) in [5.74, 6) is 0.842. The number of aryl methyl sites for hydroxylation is 1. The second kappa shape index (κ2) is 5.79. The molecular weight excluding hydrogens is 338 g/mol. The van der Waals surface area contributed by atoms with Crippen molar-refractivity contribution in [3.05, 3.63) is 24.7 Å². The highest BCUT2D eigenvalue weighted by Gasteiger charge is 2.44. The number of nitrogens with one attached hydrogen (secondary N) is 1. The van der Waals surface area contributed by atoms with Crippen LogP contribution in [0.1, 0.15) is 32.1 Å². The van der Waals surface area contributed by atoms with Gasteiger partial charge in [0, 0.05) is 50.7 Å². The van der Waals surface area contributed by atoms with Crippen LogP contribution in [0.3, 0.4) is 0 Å². The number of piperazine rings is 1. The van der Waals surface area contributed by atoms with E-state index < -0.39 is 0 Å². The van der Waals surface area contributed by atoms with E-state index >= 15 is 0 Å². The third-order valence-corrected chi connectivity index (χ3v) is 6.72. The molecule has 2 unspecified atom stereocenters. The third kappa shape index (κ3) is 2.41. The number of anilines is 1. The number of hydrogen-bond donors (Lipinski definition) is 1. The summed E-state index contributed by atoms with van der Waals surface area (Å²) in [5.41, 5.74) is 4.08. The molecule has 2 atom stereocenters. The molecule has 0 aromatic carbocycles. The van der Waals surface area contributed by atoms with Gasteiger partial charge in [0.2, 0.25) is 0 Å². The summed E-state index contributed by atoms with van der Waals surface area (Å²) in [7, 11) is 1.92. The predicted molar refractivity (Wildman–Crippen MR) is 105 cm³/mol. The van der Waals surface area contributed by atoms with E-state index in [1.807, 2.05) is 25.6 Å². The summed E-state index contributed by atoms with van der Waals surface area (Å²) in [5, 5.41) is 4.26. The van der Waals surface area contributed by atoms with Crippen LogP contribution in [-0.2, 0) is 7.05 Å². The quantitative estimate of drug-likeness (QED) is 0.775. The predicted octanol–water partition coefficient (Wildman–Crippen LogP) is 2.56. The molecule has 1 saturated carbocycles. The van der Waals surface area contributed by atoms with E-state index in [1.54, 1.807) is 4.68 Å². The third-order valence-electron chi connectivity index (χ3n) is 6.72. The van der Waals surface area contributed by atoms with Crippen LogP contribution in [0.4, 0.5) is 5.69 Å². The van der Waals surface area contributed by atoms with Gasteiger partial charge in [-0.2, -0.15) is 5.10 Å². The normalized spacial score (nSPS) is 26.0. The van der Waals surface area contributed by atoms with Crippen LogP contribution < -0.4 is 4.90 Å². The van der Waals surface area contributed by atoms with Crippen LogP contribution in [0.15, 0.2) is 24.7 Å². The first-order valence-electron chi connectivity index (χ1n) is 10.1. The Balaban J connectivity index is 1.34. The lowest BCUT2D eigenvalue weighted by Crippen LogP contribution is -2.58. The standard InChI is InChI=1S/C20H25N7/c1-25-10-13(9-22-25)19-23-18-17(7-8-21-20(18)24-19)26-11-15-5-6-16(12-26)27(15)14-3-2-4-14/h7-10,14-16H,2-6,11-12H2,1H3,(H,21,23,24). The average molecular weight is 363 g/mol. The molecule has 3 aromatic heterocycles. The number of aromatic amines is 1. The first-order valence-corrected chi connectivity index (χ1v) is 10.1. The van der Waals surface area contributed by atoms with Crippen LogP contribution >= 0.6 is 0 Å². The Morgan fingerprint density at radius 1 is 1.07 bits per heavy atom. The molecule has 0 amide bonds. The maximum absolute atomic E-state index is 4.71. The number of H-pyrrole nitrogens is 1. The number of pyridine rings is 1. The highest BCUT2D eigenvalue weighted by molar-refractivity contribution is 5.88. The van der Waals surface area contributed by atoms with Crippen molar-refractivity contribution in [2.45, 2.75) is 50.2 Å². The number of imidazole rings is 1. The van der Waals surface area contributed by atoms with Crippen molar-refractivity contribution >= 4 is 16.9 Å². The molecule has 2 saturated heterocycles. The van der Waals surface area contributed by atoms with E-state index in [4.69, 9.17) is 4.98 Å². The van der Waals surface area contributed by atoms with Crippen LogP contribution in [0.5, 0.6) is 0 Å². The fourth-order valence-electron chi connectivity index (χ4n) is 5.25. The first kappa shape index (κ1) is 15.6. The monoisotopic (exact) mass is 363 g/mol. The van der Waals surface area contributed by atoms with E-state index in [2.05, 4.69) is 30.9 Å². The van der Waals surface area contributed by atoms with Crippen molar-refractivity contribution in [3.8, 4) is 11.4 Å². The summed E-state index contributed by atoms with van der Waals surface area (Å²) in [6.07, 6.45) is 12.6. The molecule has 27 heavy (non-hydrogen) atoms. The lowest BCUT2D eigenvalue weighted by molar-refractivity contribution is 0.0627. The second-order valence-electron chi connectivity index (χ2n) is 8.34. The fourth-order valence-corrected chi connectivity index (χ4v) is 5.25. The van der Waals surface area contributed by atoms with Gasteiger partial charge in [-0.25, -0.2) is 9.97 Å². The van der Waals surface area contributed by atoms with Crippen LogP contribution in [0.2, 0.25) is 0 Å². The molecule has 0 radical (unpaired) electrons. The van der Waals surface area contributed by atoms with Crippen LogP contribution in [0, 0.1) is 0 Å². The van der Waals surface area contributed by atoms with Gasteiger partial charge in [-0.15, -0.1) is 0 Å². The maximum Gasteiger partial charge on any atom is 0.180 e. The van der Waals surface area contributed by atoms with Crippen molar-refractivity contribution in [1.82, 2.24) is 29.6 Å². The molecular formula is C20H25N7. The number of fused-ring (bicyclic) bond motifs is 3. The molecule has 1 N–H and O–H groups in total. The van der Waals surface area contributed by atoms with Gasteiger partial charge in [-0.1, -0.05) is 6.42 Å². The van der Waals surface area contributed by atoms with E-state index in [9.17, 15) is 0 Å². The van der Waals surface area contributed by atoms with E-state index in [0.29, 0.717) is 12.1 Å². The van der Waals surface area contributed by atoms with Crippen molar-refractivity contribution in [2.24, 2.45) is 7.05 Å². The Morgan fingerprint density at radius 3 is 2.56 bits per heavy atom. The van der Waals surface area contributed by atoms with E-state index in [-0.39, 0.29) is 0 Å². The fraction of sp³-hybridized carbons (Fsp3) is 0.550.